The molecule has 14 nitrogen and oxygen atoms in total. The highest BCUT2D eigenvalue weighted by Crippen LogP contribution is 2.70. The molecule has 3 aliphatic heterocycles. The van der Waals surface area contributed by atoms with Gasteiger partial charge in [0.2, 0.25) is 0 Å². The largest absolute Gasteiger partial charge is 0.458 e. The van der Waals surface area contributed by atoms with Crippen molar-refractivity contribution in [3.63, 3.8) is 0 Å². The second-order valence-corrected chi connectivity index (χ2v) is 16.5. The van der Waals surface area contributed by atoms with Crippen molar-refractivity contribution >= 4 is 5.97 Å². The predicted octanol–water partition coefficient (Wildman–Crippen LogP) is -0.749. The molecule has 0 spiro atoms. The van der Waals surface area contributed by atoms with Crippen molar-refractivity contribution in [2.45, 2.75) is 151 Å². The molecule has 4 saturated carbocycles. The first-order valence-electron chi connectivity index (χ1n) is 18.0. The molecule has 7 rings (SSSR count). The molecular weight excluding hydrogens is 644 g/mol. The molecular formula is C35H54O14. The van der Waals surface area contributed by atoms with Gasteiger partial charge in [-0.15, -0.1) is 0 Å². The Morgan fingerprint density at radius 2 is 1.59 bits per heavy atom. The lowest BCUT2D eigenvalue weighted by Gasteiger charge is -2.65. The van der Waals surface area contributed by atoms with E-state index >= 15 is 0 Å². The Hall–Kier alpha value is -1.27. The Kier molecular flexibility index (Phi) is 9.57. The number of carbonyl (C=O) groups is 1. The van der Waals surface area contributed by atoms with Crippen molar-refractivity contribution in [2.75, 3.05) is 13.2 Å². The second kappa shape index (κ2) is 13.0. The molecule has 49 heavy (non-hydrogen) atoms. The highest BCUT2D eigenvalue weighted by molar-refractivity contribution is 5.85. The van der Waals surface area contributed by atoms with E-state index in [2.05, 4.69) is 13.8 Å². The molecule has 0 aromatic heterocycles. The van der Waals surface area contributed by atoms with Gasteiger partial charge in [0.05, 0.1) is 30.5 Å². The van der Waals surface area contributed by atoms with Crippen LogP contribution in [-0.4, -0.2) is 139 Å². The molecule has 7 aliphatic rings. The number of aliphatic hydroxyl groups is 8. The molecule has 0 bridgehead atoms. The molecule has 6 fully saturated rings. The van der Waals surface area contributed by atoms with Gasteiger partial charge in [-0.3, -0.25) is 0 Å². The van der Waals surface area contributed by atoms with Crippen LogP contribution in [0.1, 0.15) is 72.1 Å². The summed E-state index contributed by atoms with van der Waals surface area (Å²) in [4.78, 5) is 11.9. The number of ether oxygens (including phenoxy) is 5. The minimum Gasteiger partial charge on any atom is -0.458 e. The average molecular weight is 699 g/mol. The smallest absolute Gasteiger partial charge is 0.331 e. The van der Waals surface area contributed by atoms with Gasteiger partial charge in [0.15, 0.2) is 12.6 Å². The summed E-state index contributed by atoms with van der Waals surface area (Å²) in [6.45, 7) is 5.54. The fourth-order valence-corrected chi connectivity index (χ4v) is 11.4. The lowest BCUT2D eigenvalue weighted by Crippen LogP contribution is -2.66. The van der Waals surface area contributed by atoms with E-state index in [9.17, 15) is 45.6 Å². The van der Waals surface area contributed by atoms with Gasteiger partial charge in [-0.1, -0.05) is 13.8 Å². The van der Waals surface area contributed by atoms with E-state index in [1.165, 1.54) is 0 Å². The van der Waals surface area contributed by atoms with Crippen LogP contribution in [-0.2, 0) is 28.5 Å². The first-order chi connectivity index (χ1) is 23.1. The number of aliphatic hydroxyl groups excluding tert-OH is 7. The van der Waals surface area contributed by atoms with E-state index in [1.54, 1.807) is 13.0 Å². The summed E-state index contributed by atoms with van der Waals surface area (Å²) in [7, 11) is 0. The lowest BCUT2D eigenvalue weighted by molar-refractivity contribution is -0.360. The standard InChI is InChI=1S/C35H54O14/c1-15-30(49-32-28(42)26(40)25(39)22(13-36)48-32)27(41)29(43)31(46-15)47-18-6-8-33(2)17(11-18)4-5-20-24(33)21(37)12-34(3)19(7-9-35(20,34)44)16-10-23(38)45-14-16/h10,15,17-22,24-32,36-37,39-44H,4-9,11-14H2,1-3H3/t15-,17-,18+,19-,20+,21-,22-,24-,25-,26-,27+,28-,29-,30-,31+,32-,33+,34-,35+/m1/s1. The third-order valence-electron chi connectivity index (χ3n) is 14.1. The molecule has 0 unspecified atom stereocenters. The van der Waals surface area contributed by atoms with Gasteiger partial charge < -0.3 is 64.5 Å². The van der Waals surface area contributed by atoms with Crippen molar-refractivity contribution in [1.29, 1.82) is 0 Å². The van der Waals surface area contributed by atoms with E-state index in [0.717, 1.165) is 31.3 Å². The van der Waals surface area contributed by atoms with E-state index < -0.39 is 85.1 Å². The van der Waals surface area contributed by atoms with Crippen LogP contribution in [0, 0.1) is 34.5 Å². The molecule has 19 atom stereocenters. The topological polar surface area (TPSA) is 225 Å². The fourth-order valence-electron chi connectivity index (χ4n) is 11.4. The van der Waals surface area contributed by atoms with Gasteiger partial charge in [-0.25, -0.2) is 4.79 Å². The predicted molar refractivity (Wildman–Crippen MR) is 167 cm³/mol. The Morgan fingerprint density at radius 1 is 0.878 bits per heavy atom. The SMILES string of the molecule is C[C@H]1O[C@@H](O[C@H]2CC[C@@]3(C)[C@H](CC[C@H]4[C@@H]3[C@H](O)C[C@]3(C)[C@@H](C5=CC(=O)OC5)CC[C@]43O)C2)[C@H](O)[C@H](O)[C@@H]1O[C@H]1O[C@H](CO)[C@@H](O)[C@@H](O)[C@H]1O. The maximum Gasteiger partial charge on any atom is 0.331 e. The van der Waals surface area contributed by atoms with Gasteiger partial charge in [0.25, 0.3) is 0 Å². The van der Waals surface area contributed by atoms with Crippen molar-refractivity contribution in [3.05, 3.63) is 11.6 Å². The van der Waals surface area contributed by atoms with Crippen molar-refractivity contribution in [3.8, 4) is 0 Å². The molecule has 2 saturated heterocycles. The number of carbonyl (C=O) groups excluding carboxylic acids is 1. The summed E-state index contributed by atoms with van der Waals surface area (Å²) in [6.07, 6.45) is -7.62. The number of fused-ring (bicyclic) bond motifs is 5. The van der Waals surface area contributed by atoms with Crippen LogP contribution < -0.4 is 0 Å². The molecule has 4 aliphatic carbocycles. The van der Waals surface area contributed by atoms with E-state index in [0.29, 0.717) is 25.7 Å². The first-order valence-corrected chi connectivity index (χ1v) is 18.0. The molecule has 0 aromatic rings. The van der Waals surface area contributed by atoms with E-state index in [-0.39, 0.29) is 47.8 Å². The third-order valence-corrected chi connectivity index (χ3v) is 14.1. The van der Waals surface area contributed by atoms with Crippen LogP contribution in [0.5, 0.6) is 0 Å². The zero-order valence-electron chi connectivity index (χ0n) is 28.4. The number of cyclic esters (lactones) is 1. The highest BCUT2D eigenvalue weighted by atomic mass is 16.7. The lowest BCUT2D eigenvalue weighted by atomic mass is 9.42. The van der Waals surface area contributed by atoms with Gasteiger partial charge in [-0.05, 0) is 93.0 Å². The second-order valence-electron chi connectivity index (χ2n) is 16.5. The quantitative estimate of drug-likeness (QED) is 0.126. The summed E-state index contributed by atoms with van der Waals surface area (Å²) in [5.41, 5.74) is -0.847. The summed E-state index contributed by atoms with van der Waals surface area (Å²) in [5, 5.41) is 86.6. The van der Waals surface area contributed by atoms with Gasteiger partial charge in [0.1, 0.15) is 49.3 Å². The van der Waals surface area contributed by atoms with Crippen LogP contribution in [0.25, 0.3) is 0 Å². The van der Waals surface area contributed by atoms with Crippen LogP contribution >= 0.6 is 0 Å². The van der Waals surface area contributed by atoms with Crippen molar-refractivity contribution < 1.29 is 69.3 Å². The molecule has 3 heterocycles. The van der Waals surface area contributed by atoms with Crippen molar-refractivity contribution in [2.24, 2.45) is 34.5 Å². The minimum absolute atomic E-state index is 0.0175. The maximum atomic E-state index is 12.5. The monoisotopic (exact) mass is 698 g/mol. The maximum absolute atomic E-state index is 12.5. The number of esters is 1. The first kappa shape index (κ1) is 36.1. The summed E-state index contributed by atoms with van der Waals surface area (Å²) in [5.74, 6) is -0.342. The van der Waals surface area contributed by atoms with Crippen LogP contribution in [0.3, 0.4) is 0 Å². The highest BCUT2D eigenvalue weighted by Gasteiger charge is 2.70. The van der Waals surface area contributed by atoms with Gasteiger partial charge in [-0.2, -0.15) is 0 Å². The van der Waals surface area contributed by atoms with Crippen LogP contribution in [0.2, 0.25) is 0 Å². The fraction of sp³-hybridized carbons (Fsp3) is 0.914. The zero-order chi connectivity index (χ0) is 35.2. The zero-order valence-corrected chi connectivity index (χ0v) is 28.4. The Labute approximate surface area is 285 Å². The molecule has 0 aromatic carbocycles. The van der Waals surface area contributed by atoms with Gasteiger partial charge >= 0.3 is 5.97 Å². The summed E-state index contributed by atoms with van der Waals surface area (Å²) < 4.78 is 28.7. The van der Waals surface area contributed by atoms with E-state index in [4.69, 9.17) is 23.7 Å². The molecule has 8 N–H and O–H groups in total. The number of rotatable bonds is 6. The molecule has 278 valence electrons. The van der Waals surface area contributed by atoms with Crippen LogP contribution in [0.4, 0.5) is 0 Å². The minimum atomic E-state index is -1.67. The average Bonchev–Trinajstić information content (AvgIpc) is 3.60. The normalized spacial score (nSPS) is 56.0. The Bertz CT molecular complexity index is 1280. The summed E-state index contributed by atoms with van der Waals surface area (Å²) >= 11 is 0. The van der Waals surface area contributed by atoms with Crippen molar-refractivity contribution in [1.82, 2.24) is 0 Å². The third kappa shape index (κ3) is 5.64. The summed E-state index contributed by atoms with van der Waals surface area (Å²) in [6, 6.07) is 0. The Morgan fingerprint density at radius 3 is 2.29 bits per heavy atom. The molecule has 14 heteroatoms. The number of hydrogen-bond donors (Lipinski definition) is 8. The number of hydrogen-bond acceptors (Lipinski definition) is 14. The van der Waals surface area contributed by atoms with E-state index in [1.807, 2.05) is 0 Å². The molecule has 0 radical (unpaired) electrons. The van der Waals surface area contributed by atoms with Gasteiger partial charge in [0, 0.05) is 11.5 Å². The Balaban J connectivity index is 0.995. The molecule has 0 amide bonds. The van der Waals surface area contributed by atoms with Crippen LogP contribution in [0.15, 0.2) is 11.6 Å².